The smallest absolute Gasteiger partial charge is 0.245 e. The van der Waals surface area contributed by atoms with Crippen LogP contribution in [0.2, 0.25) is 0 Å². The fourth-order valence-electron chi connectivity index (χ4n) is 4.08. The van der Waals surface area contributed by atoms with Crippen molar-refractivity contribution < 1.29 is 13.2 Å². The standard InChI is InChI=1S/C24H34N4O3S/c1-15(2)20-10-12-21(13-11-20)28(32(30,31)24-18(5)26-27-19(24)6)14-23(29)25-22-9-7-8-16(3)17(22)4/h7-13,15,18-19,24,26-27H,14H2,1-6H3,(H,25,29). The number of benzene rings is 2. The number of nitrogens with one attached hydrogen (secondary N) is 3. The summed E-state index contributed by atoms with van der Waals surface area (Å²) < 4.78 is 28.7. The molecule has 2 aromatic carbocycles. The molecule has 0 radical (unpaired) electrons. The molecule has 2 aromatic rings. The van der Waals surface area contributed by atoms with Gasteiger partial charge in [-0.1, -0.05) is 38.1 Å². The number of carbonyl (C=O) groups is 1. The minimum Gasteiger partial charge on any atom is -0.324 e. The van der Waals surface area contributed by atoms with Crippen LogP contribution >= 0.6 is 0 Å². The third-order valence-electron chi connectivity index (χ3n) is 6.19. The Labute approximate surface area is 191 Å². The van der Waals surface area contributed by atoms with Gasteiger partial charge in [-0.15, -0.1) is 0 Å². The Morgan fingerprint density at radius 1 is 1.03 bits per heavy atom. The van der Waals surface area contributed by atoms with Crippen molar-refractivity contribution in [1.82, 2.24) is 10.9 Å². The third-order valence-corrected chi connectivity index (χ3v) is 8.65. The first-order valence-electron chi connectivity index (χ1n) is 11.0. The van der Waals surface area contributed by atoms with Crippen LogP contribution in [-0.4, -0.2) is 38.2 Å². The zero-order valence-corrected chi connectivity index (χ0v) is 20.5. The van der Waals surface area contributed by atoms with Crippen LogP contribution in [0.5, 0.6) is 0 Å². The number of hydrogen-bond acceptors (Lipinski definition) is 5. The second-order valence-corrected chi connectivity index (χ2v) is 10.9. The van der Waals surface area contributed by atoms with Crippen LogP contribution in [0.3, 0.4) is 0 Å². The van der Waals surface area contributed by atoms with Gasteiger partial charge in [0.2, 0.25) is 15.9 Å². The van der Waals surface area contributed by atoms with Gasteiger partial charge in [-0.25, -0.2) is 8.42 Å². The van der Waals surface area contributed by atoms with Gasteiger partial charge >= 0.3 is 0 Å². The second-order valence-electron chi connectivity index (χ2n) is 8.92. The molecule has 1 saturated heterocycles. The van der Waals surface area contributed by atoms with Gasteiger partial charge in [-0.3, -0.25) is 20.0 Å². The summed E-state index contributed by atoms with van der Waals surface area (Å²) >= 11 is 0. The summed E-state index contributed by atoms with van der Waals surface area (Å²) in [5, 5.41) is 2.18. The molecular formula is C24H34N4O3S. The molecule has 1 heterocycles. The van der Waals surface area contributed by atoms with Crippen molar-refractivity contribution >= 4 is 27.3 Å². The van der Waals surface area contributed by atoms with Crippen molar-refractivity contribution in [2.24, 2.45) is 0 Å². The van der Waals surface area contributed by atoms with Gasteiger partial charge < -0.3 is 5.32 Å². The second kappa shape index (κ2) is 9.60. The highest BCUT2D eigenvalue weighted by atomic mass is 32.2. The summed E-state index contributed by atoms with van der Waals surface area (Å²) in [6.07, 6.45) is 0. The van der Waals surface area contributed by atoms with E-state index in [-0.39, 0.29) is 24.5 Å². The molecule has 7 nitrogen and oxygen atoms in total. The first-order valence-corrected chi connectivity index (χ1v) is 12.5. The normalized spacial score (nSPS) is 21.0. The SMILES string of the molecule is Cc1cccc(NC(=O)CN(c2ccc(C(C)C)cc2)S(=O)(=O)C2C(C)NNC2C)c1C. The fourth-order valence-corrected chi connectivity index (χ4v) is 6.26. The molecule has 1 amide bonds. The van der Waals surface area contributed by atoms with Crippen LogP contribution in [0, 0.1) is 13.8 Å². The summed E-state index contributed by atoms with van der Waals surface area (Å²) in [6, 6.07) is 12.5. The minimum atomic E-state index is -3.84. The lowest BCUT2D eigenvalue weighted by Gasteiger charge is -2.30. The Balaban J connectivity index is 1.94. The third kappa shape index (κ3) is 4.98. The van der Waals surface area contributed by atoms with Crippen LogP contribution in [0.15, 0.2) is 42.5 Å². The van der Waals surface area contributed by atoms with Crippen LogP contribution in [-0.2, 0) is 14.8 Å². The Bertz CT molecular complexity index is 1060. The summed E-state index contributed by atoms with van der Waals surface area (Å²) in [7, 11) is -3.84. The molecule has 1 fully saturated rings. The minimum absolute atomic E-state index is 0.297. The predicted octanol–water partition coefficient (Wildman–Crippen LogP) is 3.46. The van der Waals surface area contributed by atoms with Crippen molar-refractivity contribution in [3.05, 3.63) is 59.2 Å². The summed E-state index contributed by atoms with van der Waals surface area (Å²) in [5.74, 6) is -0.0561. The number of carbonyl (C=O) groups excluding carboxylic acids is 1. The molecule has 0 aliphatic carbocycles. The van der Waals surface area contributed by atoms with Crippen LogP contribution in [0.4, 0.5) is 11.4 Å². The summed E-state index contributed by atoms with van der Waals surface area (Å²) in [6.45, 7) is 11.4. The molecule has 8 heteroatoms. The van der Waals surface area contributed by atoms with Crippen LogP contribution in [0.1, 0.15) is 50.3 Å². The van der Waals surface area contributed by atoms with Crippen LogP contribution in [0.25, 0.3) is 0 Å². The van der Waals surface area contributed by atoms with E-state index in [0.29, 0.717) is 17.3 Å². The number of anilines is 2. The molecule has 2 unspecified atom stereocenters. The van der Waals surface area contributed by atoms with E-state index >= 15 is 0 Å². The topological polar surface area (TPSA) is 90.5 Å². The molecule has 0 saturated carbocycles. The van der Waals surface area contributed by atoms with Gasteiger partial charge in [0.25, 0.3) is 0 Å². The Morgan fingerprint density at radius 3 is 2.19 bits per heavy atom. The van der Waals surface area contributed by atoms with E-state index in [1.165, 1.54) is 4.31 Å². The molecule has 0 spiro atoms. The molecule has 3 rings (SSSR count). The molecule has 0 aromatic heterocycles. The number of nitrogens with zero attached hydrogens (tertiary/aromatic N) is 1. The maximum atomic E-state index is 13.7. The number of hydrogen-bond donors (Lipinski definition) is 3. The van der Waals surface area contributed by atoms with Crippen molar-refractivity contribution in [3.63, 3.8) is 0 Å². The first kappa shape index (κ1) is 24.2. The van der Waals surface area contributed by atoms with Gasteiger partial charge in [-0.2, -0.15) is 0 Å². The molecule has 2 atom stereocenters. The van der Waals surface area contributed by atoms with Gasteiger partial charge in [0.05, 0.1) is 5.69 Å². The van der Waals surface area contributed by atoms with E-state index in [4.69, 9.17) is 0 Å². The molecule has 0 bridgehead atoms. The highest BCUT2D eigenvalue weighted by Crippen LogP contribution is 2.28. The van der Waals surface area contributed by atoms with Gasteiger partial charge in [-0.05, 0) is 68.5 Å². The molecule has 32 heavy (non-hydrogen) atoms. The van der Waals surface area contributed by atoms with E-state index in [2.05, 4.69) is 30.0 Å². The average molecular weight is 459 g/mol. The van der Waals surface area contributed by atoms with Crippen molar-refractivity contribution in [1.29, 1.82) is 0 Å². The maximum Gasteiger partial charge on any atom is 0.245 e. The van der Waals surface area contributed by atoms with Gasteiger partial charge in [0.1, 0.15) is 11.8 Å². The van der Waals surface area contributed by atoms with Gasteiger partial charge in [0.15, 0.2) is 0 Å². The summed E-state index contributed by atoms with van der Waals surface area (Å²) in [4.78, 5) is 13.0. The van der Waals surface area contributed by atoms with E-state index < -0.39 is 15.3 Å². The predicted molar refractivity (Wildman–Crippen MR) is 130 cm³/mol. The maximum absolute atomic E-state index is 13.7. The lowest BCUT2D eigenvalue weighted by molar-refractivity contribution is -0.114. The first-order chi connectivity index (χ1) is 15.0. The molecule has 1 aliphatic heterocycles. The quantitative estimate of drug-likeness (QED) is 0.591. The van der Waals surface area contributed by atoms with E-state index in [1.807, 2.05) is 58.0 Å². The number of amides is 1. The number of hydrazine groups is 1. The zero-order chi connectivity index (χ0) is 23.6. The van der Waals surface area contributed by atoms with Crippen molar-refractivity contribution in [3.8, 4) is 0 Å². The Morgan fingerprint density at radius 2 is 1.62 bits per heavy atom. The lowest BCUT2D eigenvalue weighted by Crippen LogP contribution is -2.49. The van der Waals surface area contributed by atoms with Crippen LogP contribution < -0.4 is 20.5 Å². The molecular weight excluding hydrogens is 424 g/mol. The van der Waals surface area contributed by atoms with E-state index in [0.717, 1.165) is 16.7 Å². The van der Waals surface area contributed by atoms with Crippen molar-refractivity contribution in [2.75, 3.05) is 16.2 Å². The average Bonchev–Trinajstić information content (AvgIpc) is 3.08. The van der Waals surface area contributed by atoms with E-state index in [9.17, 15) is 13.2 Å². The summed E-state index contributed by atoms with van der Waals surface area (Å²) in [5.41, 5.74) is 10.3. The lowest BCUT2D eigenvalue weighted by atomic mass is 10.0. The van der Waals surface area contributed by atoms with Gasteiger partial charge in [0, 0.05) is 17.8 Å². The highest BCUT2D eigenvalue weighted by Gasteiger charge is 2.44. The van der Waals surface area contributed by atoms with E-state index in [1.54, 1.807) is 12.1 Å². The Hall–Kier alpha value is -2.42. The zero-order valence-electron chi connectivity index (χ0n) is 19.6. The largest absolute Gasteiger partial charge is 0.324 e. The Kier molecular flexibility index (Phi) is 7.27. The highest BCUT2D eigenvalue weighted by molar-refractivity contribution is 7.93. The molecule has 1 aliphatic rings. The fraction of sp³-hybridized carbons (Fsp3) is 0.458. The molecule has 3 N–H and O–H groups in total. The number of sulfonamides is 1. The monoisotopic (exact) mass is 458 g/mol. The molecule has 174 valence electrons. The number of rotatable bonds is 7. The van der Waals surface area contributed by atoms with Crippen molar-refractivity contribution in [2.45, 2.75) is 64.8 Å². The number of aryl methyl sites for hydroxylation is 1.